The topological polar surface area (TPSA) is 117 Å². The van der Waals surface area contributed by atoms with Crippen molar-refractivity contribution < 1.29 is 9.85 Å². The number of hydrogen-bond donors (Lipinski definition) is 2. The highest BCUT2D eigenvalue weighted by molar-refractivity contribution is 7.99. The average molecular weight is 477 g/mol. The number of likely N-dealkylation sites (N-methyl/N-ethyl adjacent to an activating group) is 2. The van der Waals surface area contributed by atoms with E-state index < -0.39 is 9.85 Å². The molecule has 2 aromatic rings. The lowest BCUT2D eigenvalue weighted by Gasteiger charge is -2.28. The van der Waals surface area contributed by atoms with E-state index >= 15 is 0 Å². The van der Waals surface area contributed by atoms with Crippen LogP contribution in [0.25, 0.3) is 0 Å². The van der Waals surface area contributed by atoms with E-state index in [0.29, 0.717) is 11.4 Å². The van der Waals surface area contributed by atoms with Gasteiger partial charge < -0.3 is 20.4 Å². The molecule has 0 radical (unpaired) electrons. The van der Waals surface area contributed by atoms with Crippen molar-refractivity contribution in [1.82, 2.24) is 9.80 Å². The molecule has 0 aliphatic rings. The van der Waals surface area contributed by atoms with Crippen LogP contribution >= 0.6 is 11.8 Å². The lowest BCUT2D eigenvalue weighted by atomic mass is 10.1. The Kier molecular flexibility index (Phi) is 9.44. The standard InChI is InChI=1S/C22H32N6O4S/c1-23-17-11-15(7-9-19(17)27(29)30)21(13-25(3)4)33-22(14-26(5)6)16-8-10-20(28(31)32)18(12-16)24-2/h7-12,21-24H,13-14H2,1-6H3. The lowest BCUT2D eigenvalue weighted by Crippen LogP contribution is -2.23. The van der Waals surface area contributed by atoms with Gasteiger partial charge in [-0.3, -0.25) is 20.2 Å². The summed E-state index contributed by atoms with van der Waals surface area (Å²) in [5.41, 5.74) is 2.96. The summed E-state index contributed by atoms with van der Waals surface area (Å²) in [6, 6.07) is 10.4. The van der Waals surface area contributed by atoms with Gasteiger partial charge in [0.05, 0.1) is 9.85 Å². The Morgan fingerprint density at radius 2 is 1.15 bits per heavy atom. The van der Waals surface area contributed by atoms with Crippen molar-refractivity contribution in [2.75, 3.05) is 66.0 Å². The van der Waals surface area contributed by atoms with Gasteiger partial charge in [0.1, 0.15) is 11.4 Å². The van der Waals surface area contributed by atoms with Crippen LogP contribution in [-0.2, 0) is 0 Å². The predicted molar refractivity (Wildman–Crippen MR) is 135 cm³/mol. The third-order valence-electron chi connectivity index (χ3n) is 5.11. The van der Waals surface area contributed by atoms with E-state index in [1.807, 2.05) is 52.5 Å². The lowest BCUT2D eigenvalue weighted by molar-refractivity contribution is -0.384. The molecule has 33 heavy (non-hydrogen) atoms. The molecule has 0 saturated carbocycles. The van der Waals surface area contributed by atoms with Gasteiger partial charge in [-0.2, -0.15) is 0 Å². The molecule has 0 aromatic heterocycles. The molecular formula is C22H32N6O4S. The Morgan fingerprint density at radius 3 is 1.42 bits per heavy atom. The third kappa shape index (κ3) is 7.04. The second kappa shape index (κ2) is 11.8. The third-order valence-corrected chi connectivity index (χ3v) is 6.61. The molecule has 0 spiro atoms. The summed E-state index contributed by atoms with van der Waals surface area (Å²) in [4.78, 5) is 26.1. The number of anilines is 2. The molecule has 0 fully saturated rings. The molecule has 0 saturated heterocycles. The van der Waals surface area contributed by atoms with Crippen molar-refractivity contribution in [2.24, 2.45) is 0 Å². The minimum atomic E-state index is -0.394. The van der Waals surface area contributed by atoms with Crippen LogP contribution in [0.15, 0.2) is 36.4 Å². The van der Waals surface area contributed by atoms with E-state index in [9.17, 15) is 20.2 Å². The molecule has 0 bridgehead atoms. The highest BCUT2D eigenvalue weighted by Crippen LogP contribution is 2.44. The molecule has 0 heterocycles. The Bertz CT molecular complexity index is 908. The van der Waals surface area contributed by atoms with E-state index in [0.717, 1.165) is 24.2 Å². The van der Waals surface area contributed by atoms with Crippen molar-refractivity contribution in [3.8, 4) is 0 Å². The summed E-state index contributed by atoms with van der Waals surface area (Å²) in [5, 5.41) is 28.6. The van der Waals surface area contributed by atoms with Crippen molar-refractivity contribution in [2.45, 2.75) is 10.5 Å². The number of thioether (sulfide) groups is 1. The number of nitrogens with one attached hydrogen (secondary N) is 2. The normalized spacial score (nSPS) is 13.1. The van der Waals surface area contributed by atoms with Gasteiger partial charge in [0, 0.05) is 49.8 Å². The Hall–Kier alpha value is -2.89. The Labute approximate surface area is 198 Å². The number of nitro benzene ring substituents is 2. The minimum Gasteiger partial charge on any atom is -0.383 e. The fourth-order valence-corrected chi connectivity index (χ4v) is 5.31. The second-order valence-corrected chi connectivity index (χ2v) is 9.62. The van der Waals surface area contributed by atoms with Crippen LogP contribution in [0.1, 0.15) is 21.6 Å². The molecular weight excluding hydrogens is 444 g/mol. The van der Waals surface area contributed by atoms with Crippen LogP contribution in [0.5, 0.6) is 0 Å². The van der Waals surface area contributed by atoms with Gasteiger partial charge in [0.15, 0.2) is 0 Å². The number of rotatable bonds is 12. The quantitative estimate of drug-likeness (QED) is 0.343. The Morgan fingerprint density at radius 1 is 0.788 bits per heavy atom. The first-order chi connectivity index (χ1) is 15.6. The van der Waals surface area contributed by atoms with Gasteiger partial charge in [-0.05, 0) is 51.5 Å². The fraction of sp³-hybridized carbons (Fsp3) is 0.455. The number of nitro groups is 2. The highest BCUT2D eigenvalue weighted by Gasteiger charge is 2.25. The number of benzene rings is 2. The van der Waals surface area contributed by atoms with E-state index in [4.69, 9.17) is 0 Å². The highest BCUT2D eigenvalue weighted by atomic mass is 32.2. The zero-order valence-corrected chi connectivity index (χ0v) is 20.7. The first-order valence-electron chi connectivity index (χ1n) is 10.4. The summed E-state index contributed by atoms with van der Waals surface area (Å²) in [5.74, 6) is 0. The maximum atomic E-state index is 11.4. The van der Waals surface area contributed by atoms with Crippen LogP contribution < -0.4 is 10.6 Å². The smallest absolute Gasteiger partial charge is 0.292 e. The molecule has 0 aliphatic carbocycles. The van der Waals surface area contributed by atoms with Gasteiger partial charge in [-0.15, -0.1) is 11.8 Å². The van der Waals surface area contributed by atoms with E-state index in [2.05, 4.69) is 20.4 Å². The van der Waals surface area contributed by atoms with Crippen molar-refractivity contribution in [1.29, 1.82) is 0 Å². The van der Waals surface area contributed by atoms with Gasteiger partial charge >= 0.3 is 0 Å². The Balaban J connectivity index is 2.48. The summed E-state index contributed by atoms with van der Waals surface area (Å²) in [7, 11) is 11.3. The summed E-state index contributed by atoms with van der Waals surface area (Å²) in [6.45, 7) is 1.45. The van der Waals surface area contributed by atoms with Crippen LogP contribution in [0.4, 0.5) is 22.7 Å². The van der Waals surface area contributed by atoms with Gasteiger partial charge in [0.2, 0.25) is 0 Å². The first kappa shape index (κ1) is 26.4. The average Bonchev–Trinajstić information content (AvgIpc) is 2.76. The zero-order valence-electron chi connectivity index (χ0n) is 19.9. The minimum absolute atomic E-state index is 0.0195. The first-order valence-corrected chi connectivity index (χ1v) is 11.4. The van der Waals surface area contributed by atoms with Gasteiger partial charge in [0.25, 0.3) is 11.4 Å². The van der Waals surface area contributed by atoms with E-state index in [1.54, 1.807) is 25.9 Å². The SMILES string of the molecule is CNc1cc(C(CN(C)C)SC(CN(C)C)c2ccc([N+](=O)[O-])c(NC)c2)ccc1[N+](=O)[O-]. The summed E-state index contributed by atoms with van der Waals surface area (Å²) in [6.07, 6.45) is 0. The molecule has 0 aliphatic heterocycles. The van der Waals surface area contributed by atoms with Crippen LogP contribution in [0.3, 0.4) is 0 Å². The van der Waals surface area contributed by atoms with Crippen molar-refractivity contribution in [3.05, 3.63) is 67.8 Å². The van der Waals surface area contributed by atoms with E-state index in [1.165, 1.54) is 12.1 Å². The van der Waals surface area contributed by atoms with Crippen molar-refractivity contribution in [3.63, 3.8) is 0 Å². The molecule has 0 amide bonds. The maximum Gasteiger partial charge on any atom is 0.292 e. The molecule has 10 nitrogen and oxygen atoms in total. The second-order valence-electron chi connectivity index (χ2n) is 8.21. The molecule has 2 aromatic carbocycles. The number of hydrogen-bond acceptors (Lipinski definition) is 9. The molecule has 2 atom stereocenters. The summed E-state index contributed by atoms with van der Waals surface area (Å²) >= 11 is 1.74. The van der Waals surface area contributed by atoms with Crippen LogP contribution in [0.2, 0.25) is 0 Å². The molecule has 2 unspecified atom stereocenters. The summed E-state index contributed by atoms with van der Waals surface area (Å²) < 4.78 is 0. The van der Waals surface area contributed by atoms with Crippen molar-refractivity contribution >= 4 is 34.5 Å². The predicted octanol–water partition coefficient (Wildman–Crippen LogP) is 4.23. The molecule has 11 heteroatoms. The maximum absolute atomic E-state index is 11.4. The largest absolute Gasteiger partial charge is 0.383 e. The van der Waals surface area contributed by atoms with Crippen LogP contribution in [-0.4, -0.2) is 75.0 Å². The monoisotopic (exact) mass is 476 g/mol. The van der Waals surface area contributed by atoms with Gasteiger partial charge in [-0.25, -0.2) is 0 Å². The zero-order chi connectivity index (χ0) is 24.7. The molecule has 2 rings (SSSR count). The molecule has 2 N–H and O–H groups in total. The molecule has 180 valence electrons. The number of nitrogens with zero attached hydrogens (tertiary/aromatic N) is 4. The van der Waals surface area contributed by atoms with Gasteiger partial charge in [-0.1, -0.05) is 12.1 Å². The van der Waals surface area contributed by atoms with E-state index in [-0.39, 0.29) is 21.9 Å². The fourth-order valence-electron chi connectivity index (χ4n) is 3.54. The van der Waals surface area contributed by atoms with Crippen LogP contribution in [0, 0.1) is 20.2 Å².